The van der Waals surface area contributed by atoms with Crippen LogP contribution in [0, 0.1) is 6.92 Å². The highest BCUT2D eigenvalue weighted by molar-refractivity contribution is 7.90. The minimum absolute atomic E-state index is 0.279. The third-order valence-corrected chi connectivity index (χ3v) is 4.25. The van der Waals surface area contributed by atoms with Crippen LogP contribution in [0.1, 0.15) is 36.8 Å². The van der Waals surface area contributed by atoms with Gasteiger partial charge in [-0.25, -0.2) is 8.42 Å². The largest absolute Gasteiger partial charge is 0.316 e. The Morgan fingerprint density at radius 3 is 2.63 bits per heavy atom. The van der Waals surface area contributed by atoms with Crippen LogP contribution < -0.4 is 5.32 Å². The molecule has 0 bridgehead atoms. The quantitative estimate of drug-likeness (QED) is 0.797. The summed E-state index contributed by atoms with van der Waals surface area (Å²) in [6, 6.07) is 8.49. The number of benzene rings is 1. The van der Waals surface area contributed by atoms with Crippen molar-refractivity contribution in [2.75, 3.05) is 25.1 Å². The fourth-order valence-corrected chi connectivity index (χ4v) is 2.91. The molecule has 1 atom stereocenters. The monoisotopic (exact) mass is 283 g/mol. The molecule has 1 rings (SSSR count). The van der Waals surface area contributed by atoms with Gasteiger partial charge in [-0.05, 0) is 37.8 Å². The van der Waals surface area contributed by atoms with E-state index >= 15 is 0 Å². The summed E-state index contributed by atoms with van der Waals surface area (Å²) in [5, 5.41) is 3.36. The zero-order valence-corrected chi connectivity index (χ0v) is 13.0. The molecule has 0 saturated heterocycles. The van der Waals surface area contributed by atoms with Gasteiger partial charge in [-0.15, -0.1) is 0 Å². The van der Waals surface area contributed by atoms with E-state index in [1.54, 1.807) is 0 Å². The molecule has 0 fully saturated rings. The molecule has 0 heterocycles. The van der Waals surface area contributed by atoms with Crippen LogP contribution in [0.4, 0.5) is 0 Å². The topological polar surface area (TPSA) is 46.2 Å². The van der Waals surface area contributed by atoms with Gasteiger partial charge >= 0.3 is 0 Å². The van der Waals surface area contributed by atoms with Crippen LogP contribution in [0.2, 0.25) is 0 Å². The fourth-order valence-electron chi connectivity index (χ4n) is 2.22. The predicted octanol–water partition coefficient (Wildman–Crippen LogP) is 2.51. The maximum absolute atomic E-state index is 11.2. The molecule has 0 saturated carbocycles. The number of hydrogen-bond donors (Lipinski definition) is 1. The smallest absolute Gasteiger partial charge is 0.147 e. The van der Waals surface area contributed by atoms with Gasteiger partial charge in [0.1, 0.15) is 9.84 Å². The second-order valence-corrected chi connectivity index (χ2v) is 7.45. The Morgan fingerprint density at radius 2 is 2.05 bits per heavy atom. The van der Waals surface area contributed by atoms with Crippen molar-refractivity contribution in [2.24, 2.45) is 0 Å². The summed E-state index contributed by atoms with van der Waals surface area (Å²) in [5.41, 5.74) is 2.55. The minimum Gasteiger partial charge on any atom is -0.316 e. The first-order valence-corrected chi connectivity index (χ1v) is 8.93. The van der Waals surface area contributed by atoms with Gasteiger partial charge in [0, 0.05) is 18.6 Å². The molecule has 0 aliphatic rings. The molecule has 0 aliphatic heterocycles. The van der Waals surface area contributed by atoms with Crippen LogP contribution in [0.5, 0.6) is 0 Å². The van der Waals surface area contributed by atoms with Gasteiger partial charge in [-0.2, -0.15) is 0 Å². The van der Waals surface area contributed by atoms with E-state index < -0.39 is 9.84 Å². The van der Waals surface area contributed by atoms with E-state index in [1.165, 1.54) is 17.4 Å². The van der Waals surface area contributed by atoms with Crippen molar-refractivity contribution in [1.29, 1.82) is 0 Å². The molecule has 0 radical (unpaired) electrons. The number of nitrogens with one attached hydrogen (secondary N) is 1. The summed E-state index contributed by atoms with van der Waals surface area (Å²) in [4.78, 5) is 0. The summed E-state index contributed by atoms with van der Waals surface area (Å²) in [7, 11) is -2.85. The average Bonchev–Trinajstić information content (AvgIpc) is 2.32. The molecule has 0 amide bonds. The highest BCUT2D eigenvalue weighted by Gasteiger charge is 2.12. The van der Waals surface area contributed by atoms with Crippen LogP contribution in [-0.4, -0.2) is 33.5 Å². The molecule has 3 nitrogen and oxygen atoms in total. The summed E-state index contributed by atoms with van der Waals surface area (Å²) < 4.78 is 22.4. The standard InChI is InChI=1S/C15H25NO2S/c1-4-16-12-15(9-6-10-19(3,17)18)14-8-5-7-13(2)11-14/h5,7-8,11,15-16H,4,6,9-10,12H2,1-3H3. The third-order valence-electron chi connectivity index (χ3n) is 3.22. The van der Waals surface area contributed by atoms with Crippen molar-refractivity contribution < 1.29 is 8.42 Å². The average molecular weight is 283 g/mol. The fraction of sp³-hybridized carbons (Fsp3) is 0.600. The van der Waals surface area contributed by atoms with Gasteiger partial charge in [-0.1, -0.05) is 36.8 Å². The number of sulfone groups is 1. The van der Waals surface area contributed by atoms with E-state index in [1.807, 2.05) is 0 Å². The van der Waals surface area contributed by atoms with Crippen molar-refractivity contribution in [3.63, 3.8) is 0 Å². The molecule has 4 heteroatoms. The summed E-state index contributed by atoms with van der Waals surface area (Å²) in [6.45, 7) is 6.02. The Bertz CT molecular complexity index is 483. The van der Waals surface area contributed by atoms with E-state index in [-0.39, 0.29) is 5.75 Å². The highest BCUT2D eigenvalue weighted by Crippen LogP contribution is 2.22. The molecule has 0 aliphatic carbocycles. The van der Waals surface area contributed by atoms with E-state index in [0.29, 0.717) is 5.92 Å². The van der Waals surface area contributed by atoms with Crippen molar-refractivity contribution >= 4 is 9.84 Å². The van der Waals surface area contributed by atoms with E-state index in [0.717, 1.165) is 25.9 Å². The van der Waals surface area contributed by atoms with Gasteiger partial charge in [-0.3, -0.25) is 0 Å². The van der Waals surface area contributed by atoms with Gasteiger partial charge in [0.2, 0.25) is 0 Å². The minimum atomic E-state index is -2.85. The number of hydrogen-bond acceptors (Lipinski definition) is 3. The number of aryl methyl sites for hydroxylation is 1. The molecule has 1 N–H and O–H groups in total. The highest BCUT2D eigenvalue weighted by atomic mass is 32.2. The van der Waals surface area contributed by atoms with E-state index in [2.05, 4.69) is 43.4 Å². The molecule has 0 spiro atoms. The Hall–Kier alpha value is -0.870. The first-order valence-electron chi connectivity index (χ1n) is 6.87. The SMILES string of the molecule is CCNCC(CCCS(C)(=O)=O)c1cccc(C)c1. The van der Waals surface area contributed by atoms with Crippen LogP contribution in [0.3, 0.4) is 0 Å². The molecule has 1 aromatic rings. The second kappa shape index (κ2) is 7.65. The van der Waals surface area contributed by atoms with Crippen molar-refractivity contribution in [3.05, 3.63) is 35.4 Å². The Morgan fingerprint density at radius 1 is 1.32 bits per heavy atom. The molecular weight excluding hydrogens is 258 g/mol. The lowest BCUT2D eigenvalue weighted by Gasteiger charge is -2.18. The zero-order chi connectivity index (χ0) is 14.3. The van der Waals surface area contributed by atoms with E-state index in [4.69, 9.17) is 0 Å². The first-order chi connectivity index (χ1) is 8.92. The van der Waals surface area contributed by atoms with Gasteiger partial charge in [0.05, 0.1) is 0 Å². The molecular formula is C15H25NO2S. The van der Waals surface area contributed by atoms with Crippen LogP contribution in [0.25, 0.3) is 0 Å². The van der Waals surface area contributed by atoms with E-state index in [9.17, 15) is 8.42 Å². The summed E-state index contributed by atoms with van der Waals surface area (Å²) >= 11 is 0. The van der Waals surface area contributed by atoms with Crippen LogP contribution >= 0.6 is 0 Å². The number of likely N-dealkylation sites (N-methyl/N-ethyl adjacent to an activating group) is 1. The Labute approximate surface area is 117 Å². The van der Waals surface area contributed by atoms with Crippen molar-refractivity contribution in [1.82, 2.24) is 5.32 Å². The van der Waals surface area contributed by atoms with Gasteiger partial charge in [0.25, 0.3) is 0 Å². The van der Waals surface area contributed by atoms with Gasteiger partial charge < -0.3 is 5.32 Å². The number of rotatable bonds is 8. The lowest BCUT2D eigenvalue weighted by atomic mass is 9.93. The van der Waals surface area contributed by atoms with Crippen molar-refractivity contribution in [3.8, 4) is 0 Å². The Kier molecular flexibility index (Phi) is 6.52. The van der Waals surface area contributed by atoms with Crippen LogP contribution in [0.15, 0.2) is 24.3 Å². The lowest BCUT2D eigenvalue weighted by molar-refractivity contribution is 0.549. The second-order valence-electron chi connectivity index (χ2n) is 5.19. The first kappa shape index (κ1) is 16.2. The summed E-state index contributed by atoms with van der Waals surface area (Å²) in [5.74, 6) is 0.670. The molecule has 1 unspecified atom stereocenters. The summed E-state index contributed by atoms with van der Waals surface area (Å²) in [6.07, 6.45) is 2.94. The van der Waals surface area contributed by atoms with Crippen LogP contribution in [-0.2, 0) is 9.84 Å². The Balaban J connectivity index is 2.66. The molecule has 19 heavy (non-hydrogen) atoms. The maximum atomic E-state index is 11.2. The molecule has 0 aromatic heterocycles. The van der Waals surface area contributed by atoms with Crippen molar-refractivity contribution in [2.45, 2.75) is 32.6 Å². The predicted molar refractivity (Wildman–Crippen MR) is 81.4 cm³/mol. The third kappa shape index (κ3) is 6.73. The maximum Gasteiger partial charge on any atom is 0.147 e. The molecule has 1 aromatic carbocycles. The normalized spacial score (nSPS) is 13.4. The molecule has 108 valence electrons. The lowest BCUT2D eigenvalue weighted by Crippen LogP contribution is -2.22. The zero-order valence-electron chi connectivity index (χ0n) is 12.1. The van der Waals surface area contributed by atoms with Gasteiger partial charge in [0.15, 0.2) is 0 Å².